The van der Waals surface area contributed by atoms with Crippen molar-refractivity contribution < 1.29 is 31.5 Å². The number of nitrogens with one attached hydrogen (secondary N) is 1. The number of imide groups is 1. The Morgan fingerprint density at radius 3 is 2.13 bits per heavy atom. The number of aromatic nitrogens is 2. The van der Waals surface area contributed by atoms with Crippen molar-refractivity contribution in [1.29, 1.82) is 0 Å². The smallest absolute Gasteiger partial charge is 0.272 e. The summed E-state index contributed by atoms with van der Waals surface area (Å²) in [6.45, 7) is 0. The zero-order chi connectivity index (χ0) is 22.9. The number of carbonyl (C=O) groups is 2. The maximum atomic E-state index is 13.6. The van der Waals surface area contributed by atoms with Gasteiger partial charge in [0.15, 0.2) is 5.69 Å². The van der Waals surface area contributed by atoms with Gasteiger partial charge in [-0.15, -0.1) is 0 Å². The number of hydrogen-bond acceptors (Lipinski definition) is 3. The summed E-state index contributed by atoms with van der Waals surface area (Å²) in [7, 11) is 0. The Morgan fingerprint density at radius 2 is 1.61 bits per heavy atom. The van der Waals surface area contributed by atoms with Crippen molar-refractivity contribution in [1.82, 2.24) is 15.1 Å². The zero-order valence-corrected chi connectivity index (χ0v) is 16.4. The molecule has 1 heterocycles. The average Bonchev–Trinajstić information content (AvgIpc) is 3.09. The summed E-state index contributed by atoms with van der Waals surface area (Å²) in [5, 5.41) is 4.79. The minimum absolute atomic E-state index is 0.0101. The highest BCUT2D eigenvalue weighted by atomic mass is 35.5. The minimum Gasteiger partial charge on any atom is -0.272 e. The van der Waals surface area contributed by atoms with Crippen LogP contribution in [-0.4, -0.2) is 21.7 Å². The van der Waals surface area contributed by atoms with Crippen LogP contribution in [0.3, 0.4) is 0 Å². The van der Waals surface area contributed by atoms with E-state index in [0.717, 1.165) is 22.9 Å². The summed E-state index contributed by atoms with van der Waals surface area (Å²) in [6, 6.07) is 7.10. The van der Waals surface area contributed by atoms with Crippen LogP contribution in [0.2, 0.25) is 5.15 Å². The Bertz CT molecular complexity index is 1130. The SMILES string of the molecule is O=C(NC(=O)N(Cl)c1ccc(-n2nc(C(F)(F)F)cc2Cl)cc1)c1c(F)cccc1F. The van der Waals surface area contributed by atoms with Crippen molar-refractivity contribution in [2.45, 2.75) is 6.18 Å². The molecule has 31 heavy (non-hydrogen) atoms. The number of halogens is 7. The van der Waals surface area contributed by atoms with E-state index in [4.69, 9.17) is 23.4 Å². The monoisotopic (exact) mass is 478 g/mol. The fourth-order valence-electron chi connectivity index (χ4n) is 2.44. The lowest BCUT2D eigenvalue weighted by Gasteiger charge is -2.15. The van der Waals surface area contributed by atoms with Gasteiger partial charge >= 0.3 is 12.2 Å². The van der Waals surface area contributed by atoms with Crippen LogP contribution in [0.1, 0.15) is 16.1 Å². The molecule has 13 heteroatoms. The lowest BCUT2D eigenvalue weighted by molar-refractivity contribution is -0.141. The highest BCUT2D eigenvalue weighted by Gasteiger charge is 2.35. The molecule has 0 saturated heterocycles. The summed E-state index contributed by atoms with van der Waals surface area (Å²) >= 11 is 11.6. The molecule has 162 valence electrons. The van der Waals surface area contributed by atoms with Crippen molar-refractivity contribution in [2.75, 3.05) is 4.42 Å². The molecule has 1 aromatic heterocycles. The standard InChI is InChI=1S/C18H9Cl2F5N4O2/c19-14-8-13(18(23,24)25)27-29(14)10-6-4-9(5-7-10)28(20)17(31)26-16(30)15-11(21)2-1-3-12(15)22/h1-8H,(H,26,30,31). The molecule has 0 fully saturated rings. The Labute approximate surface area is 180 Å². The molecular formula is C18H9Cl2F5N4O2. The van der Waals surface area contributed by atoms with Gasteiger partial charge in [0.1, 0.15) is 22.4 Å². The number of carbonyl (C=O) groups excluding carboxylic acids is 2. The van der Waals surface area contributed by atoms with Gasteiger partial charge in [-0.3, -0.25) is 10.1 Å². The third kappa shape index (κ3) is 4.78. The van der Waals surface area contributed by atoms with Crippen molar-refractivity contribution in [3.63, 3.8) is 0 Å². The van der Waals surface area contributed by atoms with Gasteiger partial charge in [-0.1, -0.05) is 17.7 Å². The minimum atomic E-state index is -4.69. The Morgan fingerprint density at radius 1 is 1.03 bits per heavy atom. The van der Waals surface area contributed by atoms with Crippen molar-refractivity contribution in [3.05, 3.63) is 76.6 Å². The number of urea groups is 1. The maximum Gasteiger partial charge on any atom is 0.435 e. The van der Waals surface area contributed by atoms with Crippen LogP contribution in [0.25, 0.3) is 5.69 Å². The van der Waals surface area contributed by atoms with Gasteiger partial charge in [0.05, 0.1) is 11.4 Å². The quantitative estimate of drug-likeness (QED) is 0.408. The first kappa shape index (κ1) is 22.5. The fourth-order valence-corrected chi connectivity index (χ4v) is 2.84. The van der Waals surface area contributed by atoms with Crippen molar-refractivity contribution in [2.24, 2.45) is 0 Å². The number of amides is 3. The molecule has 0 radical (unpaired) electrons. The highest BCUT2D eigenvalue weighted by Crippen LogP contribution is 2.31. The first-order valence-corrected chi connectivity index (χ1v) is 8.89. The second kappa shape index (κ2) is 8.52. The normalized spacial score (nSPS) is 11.3. The molecule has 0 saturated carbocycles. The molecule has 0 aliphatic carbocycles. The van der Waals surface area contributed by atoms with Gasteiger partial charge < -0.3 is 0 Å². The topological polar surface area (TPSA) is 67.2 Å². The third-order valence-electron chi connectivity index (χ3n) is 3.87. The third-order valence-corrected chi connectivity index (χ3v) is 4.48. The Kier molecular flexibility index (Phi) is 6.18. The molecule has 6 nitrogen and oxygen atoms in total. The number of nitrogens with zero attached hydrogens (tertiary/aromatic N) is 3. The second-order valence-electron chi connectivity index (χ2n) is 5.92. The van der Waals surface area contributed by atoms with Crippen LogP contribution in [-0.2, 0) is 6.18 Å². The number of benzene rings is 2. The van der Waals surface area contributed by atoms with E-state index in [1.54, 1.807) is 5.32 Å². The van der Waals surface area contributed by atoms with E-state index in [1.807, 2.05) is 0 Å². The lowest BCUT2D eigenvalue weighted by Crippen LogP contribution is -2.39. The molecule has 3 amide bonds. The molecule has 3 aromatic rings. The van der Waals surface area contributed by atoms with Gasteiger partial charge in [0, 0.05) is 17.8 Å². The van der Waals surface area contributed by atoms with Gasteiger partial charge in [-0.25, -0.2) is 22.7 Å². The van der Waals surface area contributed by atoms with Gasteiger partial charge in [0.25, 0.3) is 5.91 Å². The second-order valence-corrected chi connectivity index (χ2v) is 6.64. The molecule has 0 aliphatic heterocycles. The van der Waals surface area contributed by atoms with Crippen LogP contribution in [0.5, 0.6) is 0 Å². The van der Waals surface area contributed by atoms with Crippen molar-refractivity contribution in [3.8, 4) is 5.69 Å². The summed E-state index contributed by atoms with van der Waals surface area (Å²) < 4.78 is 66.8. The van der Waals surface area contributed by atoms with Crippen LogP contribution in [0, 0.1) is 11.6 Å². The van der Waals surface area contributed by atoms with E-state index >= 15 is 0 Å². The van der Waals surface area contributed by atoms with E-state index in [1.165, 1.54) is 24.3 Å². The van der Waals surface area contributed by atoms with Crippen LogP contribution in [0.4, 0.5) is 32.4 Å². The van der Waals surface area contributed by atoms with Crippen LogP contribution < -0.4 is 9.74 Å². The maximum absolute atomic E-state index is 13.6. The fraction of sp³-hybridized carbons (Fsp3) is 0.0556. The molecular weight excluding hydrogens is 470 g/mol. The number of anilines is 1. The molecule has 0 aliphatic rings. The predicted octanol–water partition coefficient (Wildman–Crippen LogP) is 5.33. The number of alkyl halides is 3. The molecule has 0 bridgehead atoms. The van der Waals surface area contributed by atoms with Gasteiger partial charge in [0.2, 0.25) is 0 Å². The summed E-state index contributed by atoms with van der Waals surface area (Å²) in [5.41, 5.74) is -2.05. The van der Waals surface area contributed by atoms with E-state index in [0.29, 0.717) is 10.5 Å². The molecule has 0 spiro atoms. The molecule has 2 aromatic carbocycles. The lowest BCUT2D eigenvalue weighted by atomic mass is 10.2. The zero-order valence-electron chi connectivity index (χ0n) is 14.9. The summed E-state index contributed by atoms with van der Waals surface area (Å²) in [5.74, 6) is -3.71. The van der Waals surface area contributed by atoms with E-state index in [-0.39, 0.29) is 16.5 Å². The summed E-state index contributed by atoms with van der Waals surface area (Å²) in [6.07, 6.45) is -4.69. The van der Waals surface area contributed by atoms with Crippen LogP contribution >= 0.6 is 23.4 Å². The molecule has 1 N–H and O–H groups in total. The largest absolute Gasteiger partial charge is 0.435 e. The Balaban J connectivity index is 1.76. The number of hydrogen-bond donors (Lipinski definition) is 1. The van der Waals surface area contributed by atoms with Gasteiger partial charge in [-0.05, 0) is 36.4 Å². The predicted molar refractivity (Wildman–Crippen MR) is 101 cm³/mol. The first-order valence-electron chi connectivity index (χ1n) is 8.17. The first-order chi connectivity index (χ1) is 14.5. The van der Waals surface area contributed by atoms with E-state index < -0.39 is 41.0 Å². The molecule has 0 atom stereocenters. The Hall–Kier alpha value is -3.18. The van der Waals surface area contributed by atoms with Crippen LogP contribution in [0.15, 0.2) is 48.5 Å². The van der Waals surface area contributed by atoms with E-state index in [9.17, 15) is 31.5 Å². The highest BCUT2D eigenvalue weighted by molar-refractivity contribution is 6.37. The summed E-state index contributed by atoms with van der Waals surface area (Å²) in [4.78, 5) is 24.1. The average molecular weight is 479 g/mol. The molecule has 0 unspecified atom stereocenters. The van der Waals surface area contributed by atoms with E-state index in [2.05, 4.69) is 5.10 Å². The van der Waals surface area contributed by atoms with Crippen molar-refractivity contribution >= 4 is 41.0 Å². The number of rotatable bonds is 3. The molecule has 3 rings (SSSR count). The van der Waals surface area contributed by atoms with Gasteiger partial charge in [-0.2, -0.15) is 18.3 Å².